The molecule has 6 rings (SSSR count). The Morgan fingerprint density at radius 3 is 2.71 bits per heavy atom. The van der Waals surface area contributed by atoms with Gasteiger partial charge in [0.1, 0.15) is 18.2 Å². The topological polar surface area (TPSA) is 98.8 Å². The Morgan fingerprint density at radius 1 is 1.08 bits per heavy atom. The average Bonchev–Trinajstić information content (AvgIpc) is 3.51. The third kappa shape index (κ3) is 4.45. The van der Waals surface area contributed by atoms with Gasteiger partial charge in [-0.3, -0.25) is 14.5 Å². The van der Waals surface area contributed by atoms with Gasteiger partial charge >= 0.3 is 5.76 Å². The van der Waals surface area contributed by atoms with E-state index in [0.717, 1.165) is 69.1 Å². The molecule has 38 heavy (non-hydrogen) atoms. The number of hydrogen-bond acceptors (Lipinski definition) is 6. The summed E-state index contributed by atoms with van der Waals surface area (Å²) in [5, 5.41) is 3.94. The van der Waals surface area contributed by atoms with Crippen LogP contribution in [0.15, 0.2) is 82.5 Å². The van der Waals surface area contributed by atoms with E-state index in [1.807, 2.05) is 43.3 Å². The van der Waals surface area contributed by atoms with Crippen LogP contribution in [0, 0.1) is 0 Å². The van der Waals surface area contributed by atoms with E-state index in [-0.39, 0.29) is 0 Å². The summed E-state index contributed by atoms with van der Waals surface area (Å²) in [6, 6.07) is 18.4. The van der Waals surface area contributed by atoms with Crippen LogP contribution in [0.1, 0.15) is 54.2 Å². The van der Waals surface area contributed by atoms with E-state index in [9.17, 15) is 4.79 Å². The van der Waals surface area contributed by atoms with Crippen molar-refractivity contribution in [2.24, 2.45) is 0 Å². The normalized spacial score (nSPS) is 13.8. The second-order valence-electron chi connectivity index (χ2n) is 9.38. The lowest BCUT2D eigenvalue weighted by atomic mass is 9.89. The van der Waals surface area contributed by atoms with E-state index < -0.39 is 5.76 Å². The Hall–Kier alpha value is -4.72. The van der Waals surface area contributed by atoms with Crippen LogP contribution in [0.5, 0.6) is 5.75 Å². The predicted octanol–water partition coefficient (Wildman–Crippen LogP) is 5.49. The summed E-state index contributed by atoms with van der Waals surface area (Å²) < 4.78 is 13.3. The van der Waals surface area contributed by atoms with Crippen LogP contribution in [-0.2, 0) is 19.6 Å². The second kappa shape index (κ2) is 9.97. The lowest BCUT2D eigenvalue weighted by molar-refractivity contribution is 0.307. The van der Waals surface area contributed by atoms with Gasteiger partial charge in [-0.25, -0.2) is 9.78 Å². The van der Waals surface area contributed by atoms with Crippen LogP contribution in [0.3, 0.4) is 0 Å². The maximum Gasteiger partial charge on any atom is 0.439 e. The number of allylic oxidation sites excluding steroid dienone is 1. The van der Waals surface area contributed by atoms with Crippen LogP contribution in [0.4, 0.5) is 0 Å². The number of rotatable bonds is 6. The molecule has 0 bridgehead atoms. The third-order valence-electron chi connectivity index (χ3n) is 6.81. The smallest absolute Gasteiger partial charge is 0.439 e. The Labute approximate surface area is 219 Å². The number of para-hydroxylation sites is 1. The number of aryl methyl sites for hydroxylation is 1. The number of imidazole rings is 1. The first kappa shape index (κ1) is 23.7. The lowest BCUT2D eigenvalue weighted by Crippen LogP contribution is -2.06. The SMILES string of the molecule is CCCc1nc(-c2ccncc2)cn1Cc1ccc2c(c1)COc1ccccc1/C2=C(\C)c1noc(=O)[nH]1. The van der Waals surface area contributed by atoms with Gasteiger partial charge in [-0.1, -0.05) is 42.4 Å². The van der Waals surface area contributed by atoms with Gasteiger partial charge in [0, 0.05) is 48.3 Å². The Balaban J connectivity index is 1.42. The summed E-state index contributed by atoms with van der Waals surface area (Å²) in [7, 11) is 0. The van der Waals surface area contributed by atoms with E-state index in [4.69, 9.17) is 14.2 Å². The fraction of sp³-hybridized carbons (Fsp3) is 0.200. The minimum Gasteiger partial charge on any atom is -0.488 e. The molecule has 8 nitrogen and oxygen atoms in total. The molecule has 0 amide bonds. The Kier molecular flexibility index (Phi) is 6.21. The fourth-order valence-corrected chi connectivity index (χ4v) is 5.00. The van der Waals surface area contributed by atoms with Gasteiger partial charge in [-0.15, -0.1) is 0 Å². The molecule has 8 heteroatoms. The van der Waals surface area contributed by atoms with Crippen molar-refractivity contribution in [2.45, 2.75) is 39.8 Å². The zero-order valence-electron chi connectivity index (χ0n) is 21.3. The number of fused-ring (bicyclic) bond motifs is 2. The maximum atomic E-state index is 11.7. The zero-order chi connectivity index (χ0) is 26.1. The summed E-state index contributed by atoms with van der Waals surface area (Å²) in [5.74, 6) is 1.67. The van der Waals surface area contributed by atoms with Gasteiger partial charge in [0.2, 0.25) is 0 Å². The molecule has 1 aliphatic rings. The average molecular weight is 506 g/mol. The number of hydrogen-bond donors (Lipinski definition) is 1. The molecule has 0 atom stereocenters. The quantitative estimate of drug-likeness (QED) is 0.327. The summed E-state index contributed by atoms with van der Waals surface area (Å²) in [6.45, 7) is 5.23. The molecule has 0 saturated carbocycles. The van der Waals surface area contributed by atoms with Crippen molar-refractivity contribution in [3.8, 4) is 17.0 Å². The predicted molar refractivity (Wildman–Crippen MR) is 144 cm³/mol. The molecule has 1 N–H and O–H groups in total. The van der Waals surface area contributed by atoms with Crippen molar-refractivity contribution in [2.75, 3.05) is 0 Å². The molecule has 0 radical (unpaired) electrons. The first-order valence-corrected chi connectivity index (χ1v) is 12.7. The molecule has 190 valence electrons. The van der Waals surface area contributed by atoms with Crippen LogP contribution < -0.4 is 10.5 Å². The largest absolute Gasteiger partial charge is 0.488 e. The molecule has 0 unspecified atom stereocenters. The highest BCUT2D eigenvalue weighted by Crippen LogP contribution is 2.40. The number of nitrogens with zero attached hydrogens (tertiary/aromatic N) is 4. The zero-order valence-corrected chi connectivity index (χ0v) is 21.3. The van der Waals surface area contributed by atoms with E-state index in [1.165, 1.54) is 0 Å². The molecule has 0 fully saturated rings. The van der Waals surface area contributed by atoms with E-state index >= 15 is 0 Å². The molecule has 0 spiro atoms. The molecule has 4 heterocycles. The van der Waals surface area contributed by atoms with Crippen LogP contribution in [0.25, 0.3) is 22.4 Å². The number of H-pyrrole nitrogens is 1. The third-order valence-corrected chi connectivity index (χ3v) is 6.81. The first-order chi connectivity index (χ1) is 18.6. The highest BCUT2D eigenvalue weighted by atomic mass is 16.5. The van der Waals surface area contributed by atoms with Crippen LogP contribution >= 0.6 is 0 Å². The van der Waals surface area contributed by atoms with E-state index in [1.54, 1.807) is 12.4 Å². The Morgan fingerprint density at radius 2 is 1.92 bits per heavy atom. The van der Waals surface area contributed by atoms with Gasteiger partial charge < -0.3 is 9.30 Å². The molecule has 5 aromatic rings. The number of aromatic nitrogens is 5. The van der Waals surface area contributed by atoms with Crippen molar-refractivity contribution in [3.05, 3.63) is 118 Å². The molecule has 0 aliphatic carbocycles. The van der Waals surface area contributed by atoms with Crippen molar-refractivity contribution in [1.29, 1.82) is 0 Å². The minimum absolute atomic E-state index is 0.406. The molecule has 1 aliphatic heterocycles. The number of benzene rings is 2. The van der Waals surface area contributed by atoms with Crippen LogP contribution in [0.2, 0.25) is 0 Å². The summed E-state index contributed by atoms with van der Waals surface area (Å²) in [6.07, 6.45) is 7.62. The van der Waals surface area contributed by atoms with E-state index in [2.05, 4.69) is 51.0 Å². The van der Waals surface area contributed by atoms with Gasteiger partial charge in [0.25, 0.3) is 0 Å². The van der Waals surface area contributed by atoms with Crippen molar-refractivity contribution in [1.82, 2.24) is 24.7 Å². The summed E-state index contributed by atoms with van der Waals surface area (Å²) >= 11 is 0. The highest BCUT2D eigenvalue weighted by Gasteiger charge is 2.23. The molecular formula is C30H27N5O3. The summed E-state index contributed by atoms with van der Waals surface area (Å²) in [5.41, 5.74) is 7.97. The number of pyridine rings is 1. The highest BCUT2D eigenvalue weighted by molar-refractivity contribution is 5.99. The van der Waals surface area contributed by atoms with Gasteiger partial charge in [-0.05, 0) is 59.9 Å². The standard InChI is InChI=1S/C30H27N5O3/c1-3-6-27-32-25(21-11-13-31-14-12-21)17-35(27)16-20-9-10-23-22(15-20)18-37-26-8-5-4-7-24(26)28(23)19(2)29-33-30(36)38-34-29/h4-5,7-15,17H,3,6,16,18H2,1-2H3,(H,33,34,36)/b28-19+. The maximum absolute atomic E-state index is 11.7. The molecular weight excluding hydrogens is 478 g/mol. The Bertz CT molecular complexity index is 1690. The number of nitrogens with one attached hydrogen (secondary N) is 1. The van der Waals surface area contributed by atoms with Crippen LogP contribution in [-0.4, -0.2) is 24.7 Å². The second-order valence-corrected chi connectivity index (χ2v) is 9.38. The summed E-state index contributed by atoms with van der Waals surface area (Å²) in [4.78, 5) is 23.4. The molecule has 3 aromatic heterocycles. The van der Waals surface area contributed by atoms with E-state index in [0.29, 0.717) is 19.0 Å². The van der Waals surface area contributed by atoms with Gasteiger partial charge in [0.15, 0.2) is 5.82 Å². The fourth-order valence-electron chi connectivity index (χ4n) is 5.00. The van der Waals surface area contributed by atoms with Crippen molar-refractivity contribution in [3.63, 3.8) is 0 Å². The van der Waals surface area contributed by atoms with Crippen molar-refractivity contribution < 1.29 is 9.26 Å². The van der Waals surface area contributed by atoms with Gasteiger partial charge in [-0.2, -0.15) is 0 Å². The lowest BCUT2D eigenvalue weighted by Gasteiger charge is -2.15. The van der Waals surface area contributed by atoms with Crippen molar-refractivity contribution >= 4 is 11.1 Å². The number of ether oxygens (including phenoxy) is 1. The molecule has 2 aromatic carbocycles. The monoisotopic (exact) mass is 505 g/mol. The number of aromatic amines is 1. The first-order valence-electron chi connectivity index (χ1n) is 12.7. The minimum atomic E-state index is -0.581. The molecule has 0 saturated heterocycles. The van der Waals surface area contributed by atoms with Gasteiger partial charge in [0.05, 0.1) is 5.69 Å².